The monoisotopic (exact) mass is 277 g/mol. The van der Waals surface area contributed by atoms with Crippen LogP contribution in [-0.4, -0.2) is 19.8 Å². The molecule has 0 saturated heterocycles. The summed E-state index contributed by atoms with van der Waals surface area (Å²) in [5.41, 5.74) is 1.25. The van der Waals surface area contributed by atoms with Gasteiger partial charge in [0.15, 0.2) is 11.5 Å². The first-order chi connectivity index (χ1) is 9.72. The van der Waals surface area contributed by atoms with Crippen LogP contribution in [0.4, 0.5) is 0 Å². The molecule has 0 aliphatic heterocycles. The molecule has 1 N–H and O–H groups in total. The zero-order valence-corrected chi connectivity index (χ0v) is 12.9. The van der Waals surface area contributed by atoms with E-state index in [2.05, 4.69) is 24.4 Å². The summed E-state index contributed by atoms with van der Waals surface area (Å²) in [6.45, 7) is 5.91. The molecule has 0 amide bonds. The molecule has 1 saturated carbocycles. The Balaban J connectivity index is 1.89. The van der Waals surface area contributed by atoms with Crippen LogP contribution >= 0.6 is 0 Å². The van der Waals surface area contributed by atoms with Crippen LogP contribution in [0.15, 0.2) is 18.2 Å². The van der Waals surface area contributed by atoms with E-state index < -0.39 is 0 Å². The molecule has 1 aliphatic rings. The van der Waals surface area contributed by atoms with Gasteiger partial charge in [0, 0.05) is 12.6 Å². The summed E-state index contributed by atoms with van der Waals surface area (Å²) >= 11 is 0. The topological polar surface area (TPSA) is 30.5 Å². The maximum Gasteiger partial charge on any atom is 0.161 e. The molecule has 1 aliphatic carbocycles. The van der Waals surface area contributed by atoms with Crippen LogP contribution in [0.5, 0.6) is 11.5 Å². The van der Waals surface area contributed by atoms with Crippen molar-refractivity contribution >= 4 is 0 Å². The predicted molar refractivity (Wildman–Crippen MR) is 82.4 cm³/mol. The smallest absolute Gasteiger partial charge is 0.161 e. The van der Waals surface area contributed by atoms with Gasteiger partial charge in [-0.05, 0) is 56.2 Å². The molecule has 112 valence electrons. The number of benzene rings is 1. The second-order valence-electron chi connectivity index (χ2n) is 5.76. The molecule has 3 nitrogen and oxygen atoms in total. The summed E-state index contributed by atoms with van der Waals surface area (Å²) in [5.74, 6) is 2.55. The molecule has 0 spiro atoms. The molecule has 0 heterocycles. The fourth-order valence-corrected chi connectivity index (χ4v) is 2.82. The van der Waals surface area contributed by atoms with Gasteiger partial charge in [0.2, 0.25) is 0 Å². The first-order valence-corrected chi connectivity index (χ1v) is 7.76. The molecule has 20 heavy (non-hydrogen) atoms. The van der Waals surface area contributed by atoms with Crippen molar-refractivity contribution in [3.8, 4) is 11.5 Å². The van der Waals surface area contributed by atoms with Gasteiger partial charge in [-0.3, -0.25) is 0 Å². The highest BCUT2D eigenvalue weighted by Crippen LogP contribution is 2.28. The number of nitrogens with one attached hydrogen (secondary N) is 1. The van der Waals surface area contributed by atoms with E-state index in [1.165, 1.54) is 31.2 Å². The quantitative estimate of drug-likeness (QED) is 0.858. The van der Waals surface area contributed by atoms with Crippen molar-refractivity contribution < 1.29 is 9.47 Å². The average Bonchev–Trinajstić information content (AvgIpc) is 2.48. The highest BCUT2D eigenvalue weighted by molar-refractivity contribution is 5.42. The first kappa shape index (κ1) is 15.2. The second kappa shape index (κ2) is 7.53. The summed E-state index contributed by atoms with van der Waals surface area (Å²) in [6.07, 6.45) is 5.30. The van der Waals surface area contributed by atoms with Crippen molar-refractivity contribution in [1.82, 2.24) is 5.32 Å². The number of ether oxygens (including phenoxy) is 2. The average molecular weight is 277 g/mol. The number of hydrogen-bond acceptors (Lipinski definition) is 3. The fraction of sp³-hybridized carbons (Fsp3) is 0.647. The minimum absolute atomic E-state index is 0.661. The van der Waals surface area contributed by atoms with E-state index in [0.717, 1.165) is 24.0 Å². The Bertz CT molecular complexity index is 411. The standard InChI is InChI=1S/C17H27NO2/c1-4-20-16-10-7-14(11-17(16)19-3)12-18-15-8-5-13(2)6-9-15/h7,10-11,13,15,18H,4-6,8-9,12H2,1-3H3. The van der Waals surface area contributed by atoms with E-state index in [0.29, 0.717) is 12.6 Å². The lowest BCUT2D eigenvalue weighted by molar-refractivity contribution is 0.304. The zero-order chi connectivity index (χ0) is 14.4. The Hall–Kier alpha value is -1.22. The molecule has 0 unspecified atom stereocenters. The molecule has 0 bridgehead atoms. The van der Waals surface area contributed by atoms with Crippen LogP contribution < -0.4 is 14.8 Å². The molecule has 0 radical (unpaired) electrons. The summed E-state index contributed by atoms with van der Waals surface area (Å²) in [7, 11) is 1.69. The van der Waals surface area contributed by atoms with Gasteiger partial charge in [-0.25, -0.2) is 0 Å². The van der Waals surface area contributed by atoms with Gasteiger partial charge < -0.3 is 14.8 Å². The largest absolute Gasteiger partial charge is 0.493 e. The molecule has 1 aromatic carbocycles. The molecule has 0 atom stereocenters. The number of hydrogen-bond donors (Lipinski definition) is 1. The van der Waals surface area contributed by atoms with Gasteiger partial charge in [-0.1, -0.05) is 13.0 Å². The Morgan fingerprint density at radius 2 is 1.90 bits per heavy atom. The maximum atomic E-state index is 5.54. The van der Waals surface area contributed by atoms with E-state index >= 15 is 0 Å². The Morgan fingerprint density at radius 1 is 1.15 bits per heavy atom. The van der Waals surface area contributed by atoms with Gasteiger partial charge in [-0.2, -0.15) is 0 Å². The van der Waals surface area contributed by atoms with Crippen molar-refractivity contribution in [1.29, 1.82) is 0 Å². The highest BCUT2D eigenvalue weighted by Gasteiger charge is 2.17. The molecule has 0 aromatic heterocycles. The lowest BCUT2D eigenvalue weighted by atomic mass is 9.87. The normalized spacial score (nSPS) is 22.6. The third-order valence-corrected chi connectivity index (χ3v) is 4.14. The molecule has 1 aromatic rings. The minimum Gasteiger partial charge on any atom is -0.493 e. The summed E-state index contributed by atoms with van der Waals surface area (Å²) in [4.78, 5) is 0. The highest BCUT2D eigenvalue weighted by atomic mass is 16.5. The second-order valence-corrected chi connectivity index (χ2v) is 5.76. The first-order valence-electron chi connectivity index (χ1n) is 7.76. The summed E-state index contributed by atoms with van der Waals surface area (Å²) in [5, 5.41) is 3.66. The van der Waals surface area contributed by atoms with Crippen LogP contribution in [0, 0.1) is 5.92 Å². The van der Waals surface area contributed by atoms with E-state index in [9.17, 15) is 0 Å². The van der Waals surface area contributed by atoms with E-state index in [4.69, 9.17) is 9.47 Å². The van der Waals surface area contributed by atoms with Crippen LogP contribution in [0.25, 0.3) is 0 Å². The van der Waals surface area contributed by atoms with Crippen LogP contribution in [-0.2, 0) is 6.54 Å². The van der Waals surface area contributed by atoms with Gasteiger partial charge in [0.1, 0.15) is 0 Å². The Morgan fingerprint density at radius 3 is 2.55 bits per heavy atom. The number of rotatable bonds is 6. The lowest BCUT2D eigenvalue weighted by Gasteiger charge is -2.27. The van der Waals surface area contributed by atoms with Gasteiger partial charge in [0.25, 0.3) is 0 Å². The summed E-state index contributed by atoms with van der Waals surface area (Å²) < 4.78 is 10.9. The van der Waals surface area contributed by atoms with Crippen molar-refractivity contribution in [2.24, 2.45) is 5.92 Å². The molecular weight excluding hydrogens is 250 g/mol. The van der Waals surface area contributed by atoms with Crippen molar-refractivity contribution in [3.05, 3.63) is 23.8 Å². The summed E-state index contributed by atoms with van der Waals surface area (Å²) in [6, 6.07) is 6.86. The van der Waals surface area contributed by atoms with E-state index in [1.54, 1.807) is 7.11 Å². The third kappa shape index (κ3) is 4.14. The van der Waals surface area contributed by atoms with Crippen LogP contribution in [0.1, 0.15) is 45.1 Å². The fourth-order valence-electron chi connectivity index (χ4n) is 2.82. The zero-order valence-electron chi connectivity index (χ0n) is 12.9. The Kier molecular flexibility index (Phi) is 5.72. The SMILES string of the molecule is CCOc1ccc(CNC2CCC(C)CC2)cc1OC. The molecule has 2 rings (SSSR count). The number of methoxy groups -OCH3 is 1. The molecule has 1 fully saturated rings. The lowest BCUT2D eigenvalue weighted by Crippen LogP contribution is -2.32. The molecule has 3 heteroatoms. The van der Waals surface area contributed by atoms with E-state index in [1.807, 2.05) is 13.0 Å². The van der Waals surface area contributed by atoms with Crippen LogP contribution in [0.2, 0.25) is 0 Å². The third-order valence-electron chi connectivity index (χ3n) is 4.14. The Labute approximate surface area is 122 Å². The van der Waals surface area contributed by atoms with Gasteiger partial charge in [-0.15, -0.1) is 0 Å². The molecular formula is C17H27NO2. The van der Waals surface area contributed by atoms with Crippen LogP contribution in [0.3, 0.4) is 0 Å². The predicted octanol–water partition coefficient (Wildman–Crippen LogP) is 3.76. The van der Waals surface area contributed by atoms with Crippen molar-refractivity contribution in [3.63, 3.8) is 0 Å². The van der Waals surface area contributed by atoms with Crippen molar-refractivity contribution in [2.75, 3.05) is 13.7 Å². The maximum absolute atomic E-state index is 5.54. The van der Waals surface area contributed by atoms with Gasteiger partial charge in [0.05, 0.1) is 13.7 Å². The van der Waals surface area contributed by atoms with E-state index in [-0.39, 0.29) is 0 Å². The van der Waals surface area contributed by atoms with Crippen molar-refractivity contribution in [2.45, 2.75) is 52.1 Å². The minimum atomic E-state index is 0.661. The van der Waals surface area contributed by atoms with Gasteiger partial charge >= 0.3 is 0 Å².